The second kappa shape index (κ2) is 14.3. The molecule has 0 bridgehead atoms. The molecular formula is C36H33F3N2O4. The monoisotopic (exact) mass is 614 g/mol. The van der Waals surface area contributed by atoms with Crippen molar-refractivity contribution in [2.24, 2.45) is 4.99 Å². The van der Waals surface area contributed by atoms with Crippen molar-refractivity contribution in [3.05, 3.63) is 143 Å². The summed E-state index contributed by atoms with van der Waals surface area (Å²) in [6, 6.07) is 31.0. The molecule has 45 heavy (non-hydrogen) atoms. The number of nitrogens with zero attached hydrogens (tertiary/aromatic N) is 1. The maximum Gasteiger partial charge on any atom is 0.416 e. The van der Waals surface area contributed by atoms with E-state index >= 15 is 0 Å². The lowest BCUT2D eigenvalue weighted by molar-refractivity contribution is -0.138. The summed E-state index contributed by atoms with van der Waals surface area (Å²) in [4.78, 5) is 19.2. The van der Waals surface area contributed by atoms with Gasteiger partial charge in [0.15, 0.2) is 11.6 Å². The number of amides is 1. The van der Waals surface area contributed by atoms with Crippen molar-refractivity contribution in [3.8, 4) is 5.75 Å². The molecule has 0 saturated heterocycles. The number of carbonyl (C=O) groups is 1. The van der Waals surface area contributed by atoms with Crippen molar-refractivity contribution < 1.29 is 32.5 Å². The molecule has 0 radical (unpaired) electrons. The van der Waals surface area contributed by atoms with Crippen molar-refractivity contribution in [2.45, 2.75) is 37.2 Å². The van der Waals surface area contributed by atoms with Gasteiger partial charge in [0.25, 0.3) is 5.91 Å². The van der Waals surface area contributed by atoms with E-state index in [4.69, 9.17) is 19.6 Å². The van der Waals surface area contributed by atoms with Gasteiger partial charge in [-0.2, -0.15) is 13.2 Å². The van der Waals surface area contributed by atoms with Crippen LogP contribution in [-0.4, -0.2) is 35.7 Å². The first-order valence-electron chi connectivity index (χ1n) is 14.6. The molecule has 2 atom stereocenters. The quantitative estimate of drug-likeness (QED) is 0.166. The molecule has 0 saturated carbocycles. The average Bonchev–Trinajstić information content (AvgIpc) is 3.45. The highest BCUT2D eigenvalue weighted by Gasteiger charge is 2.52. The third kappa shape index (κ3) is 7.61. The van der Waals surface area contributed by atoms with Crippen LogP contribution in [0, 0.1) is 0 Å². The molecule has 9 heteroatoms. The van der Waals surface area contributed by atoms with Crippen LogP contribution >= 0.6 is 0 Å². The number of alkyl halides is 3. The molecule has 0 fully saturated rings. The summed E-state index contributed by atoms with van der Waals surface area (Å²) in [5, 5.41) is 11.8. The largest absolute Gasteiger partial charge is 0.494 e. The number of rotatable bonds is 12. The normalized spacial score (nSPS) is 18.0. The van der Waals surface area contributed by atoms with Gasteiger partial charge in [-0.05, 0) is 47.0 Å². The Hall–Kier alpha value is -4.89. The van der Waals surface area contributed by atoms with Crippen LogP contribution < -0.4 is 10.1 Å². The molecule has 4 aromatic rings. The molecule has 4 aromatic carbocycles. The van der Waals surface area contributed by atoms with Gasteiger partial charge in [-0.3, -0.25) is 4.79 Å². The van der Waals surface area contributed by atoms with Gasteiger partial charge in [0.2, 0.25) is 5.90 Å². The highest BCUT2D eigenvalue weighted by molar-refractivity contribution is 6.01. The zero-order valence-corrected chi connectivity index (χ0v) is 24.4. The fourth-order valence-electron chi connectivity index (χ4n) is 5.16. The Morgan fingerprint density at radius 1 is 0.933 bits per heavy atom. The third-order valence-electron chi connectivity index (χ3n) is 7.43. The molecule has 1 aliphatic rings. The van der Waals surface area contributed by atoms with E-state index in [0.717, 1.165) is 11.6 Å². The first-order valence-corrected chi connectivity index (χ1v) is 14.6. The zero-order valence-electron chi connectivity index (χ0n) is 24.4. The molecule has 6 nitrogen and oxygen atoms in total. The predicted molar refractivity (Wildman–Crippen MR) is 167 cm³/mol. The van der Waals surface area contributed by atoms with Gasteiger partial charge < -0.3 is 19.9 Å². The summed E-state index contributed by atoms with van der Waals surface area (Å²) in [6.45, 7) is 0.0387. The first-order chi connectivity index (χ1) is 21.8. The van der Waals surface area contributed by atoms with Crippen molar-refractivity contribution in [3.63, 3.8) is 0 Å². The van der Waals surface area contributed by atoms with E-state index in [0.29, 0.717) is 29.9 Å². The molecule has 0 unspecified atom stereocenters. The fourth-order valence-corrected chi connectivity index (χ4v) is 5.16. The molecule has 5 rings (SSSR count). The Bertz CT molecular complexity index is 1620. The number of benzene rings is 4. The van der Waals surface area contributed by atoms with Crippen molar-refractivity contribution in [1.82, 2.24) is 5.32 Å². The number of aliphatic imine (C=N–C) groups is 1. The lowest BCUT2D eigenvalue weighted by Gasteiger charge is -2.30. The zero-order chi connectivity index (χ0) is 31.7. The van der Waals surface area contributed by atoms with E-state index in [1.807, 2.05) is 72.8 Å². The van der Waals surface area contributed by atoms with E-state index in [1.165, 1.54) is 18.2 Å². The molecule has 0 aliphatic carbocycles. The van der Waals surface area contributed by atoms with E-state index in [-0.39, 0.29) is 31.0 Å². The second-order valence-electron chi connectivity index (χ2n) is 10.6. The first kappa shape index (κ1) is 31.5. The molecular weight excluding hydrogens is 581 g/mol. The Morgan fingerprint density at radius 3 is 2.29 bits per heavy atom. The Balaban J connectivity index is 1.52. The Kier molecular flexibility index (Phi) is 9.99. The van der Waals surface area contributed by atoms with Crippen molar-refractivity contribution in [2.75, 3.05) is 13.2 Å². The van der Waals surface area contributed by atoms with Crippen molar-refractivity contribution >= 4 is 17.9 Å². The van der Waals surface area contributed by atoms with E-state index in [9.17, 15) is 18.0 Å². The third-order valence-corrected chi connectivity index (χ3v) is 7.43. The fraction of sp³-hybridized carbons (Fsp3) is 0.222. The SMILES string of the molecule is O=C(NCc1ccccc1C(F)(F)F)[C@]1(C/C=C/c2ccccc2)N=C(c2ccc(OCCCO)cc2)O[C@@H]1c1ccccc1. The van der Waals surface area contributed by atoms with Crippen LogP contribution in [0.2, 0.25) is 0 Å². The van der Waals surface area contributed by atoms with Gasteiger partial charge in [-0.15, -0.1) is 0 Å². The molecule has 0 aromatic heterocycles. The smallest absolute Gasteiger partial charge is 0.416 e. The predicted octanol–water partition coefficient (Wildman–Crippen LogP) is 7.14. The number of ether oxygens (including phenoxy) is 2. The van der Waals surface area contributed by atoms with E-state index < -0.39 is 29.3 Å². The molecule has 0 spiro atoms. The van der Waals surface area contributed by atoms with E-state index in [1.54, 1.807) is 24.3 Å². The number of aliphatic hydroxyl groups is 1. The number of carbonyl (C=O) groups excluding carboxylic acids is 1. The number of hydrogen-bond acceptors (Lipinski definition) is 5. The van der Waals surface area contributed by atoms with Crippen LogP contribution in [0.15, 0.2) is 120 Å². The van der Waals surface area contributed by atoms with Gasteiger partial charge in [0, 0.05) is 31.6 Å². The molecule has 232 valence electrons. The topological polar surface area (TPSA) is 80.2 Å². The van der Waals surface area contributed by atoms with Crippen LogP contribution in [0.1, 0.15) is 46.8 Å². The molecule has 2 N–H and O–H groups in total. The minimum atomic E-state index is -4.57. The van der Waals surface area contributed by atoms with Gasteiger partial charge in [-0.25, -0.2) is 4.99 Å². The standard InChI is InChI=1S/C36H33F3N2O4/c37-36(38,39)31-17-8-7-16-29(31)25-40-34(43)35(22-9-13-26-11-3-1-4-12-26)32(27-14-5-2-6-15-27)45-33(41-35)28-18-20-30(21-19-28)44-24-10-23-42/h1-9,11-21,32,42H,10,22-25H2,(H,40,43)/b13-9+/t32-,35-/m1/s1. The molecule has 1 aliphatic heterocycles. The minimum absolute atomic E-state index is 0.0221. The van der Waals surface area contributed by atoms with Gasteiger partial charge >= 0.3 is 6.18 Å². The highest BCUT2D eigenvalue weighted by atomic mass is 19.4. The minimum Gasteiger partial charge on any atom is -0.494 e. The summed E-state index contributed by atoms with van der Waals surface area (Å²) >= 11 is 0. The molecule has 1 heterocycles. The van der Waals surface area contributed by atoms with Crippen LogP contribution in [0.25, 0.3) is 6.08 Å². The van der Waals surface area contributed by atoms with Crippen LogP contribution in [0.3, 0.4) is 0 Å². The Labute approximate surface area is 259 Å². The molecule has 1 amide bonds. The van der Waals surface area contributed by atoms with Crippen molar-refractivity contribution in [1.29, 1.82) is 0 Å². The van der Waals surface area contributed by atoms with E-state index in [2.05, 4.69) is 5.32 Å². The lowest BCUT2D eigenvalue weighted by Crippen LogP contribution is -2.48. The van der Waals surface area contributed by atoms with Crippen LogP contribution in [0.4, 0.5) is 13.2 Å². The summed E-state index contributed by atoms with van der Waals surface area (Å²) in [6.07, 6.45) is -1.12. The second-order valence-corrected chi connectivity index (χ2v) is 10.6. The summed E-state index contributed by atoms with van der Waals surface area (Å²) in [5.74, 6) is 0.262. The number of nitrogens with one attached hydrogen (secondary N) is 1. The highest BCUT2D eigenvalue weighted by Crippen LogP contribution is 2.43. The van der Waals surface area contributed by atoms with Crippen LogP contribution in [-0.2, 0) is 22.3 Å². The van der Waals surface area contributed by atoms with Gasteiger partial charge in [-0.1, -0.05) is 91.0 Å². The summed E-state index contributed by atoms with van der Waals surface area (Å²) < 4.78 is 53.3. The maximum absolute atomic E-state index is 14.3. The van der Waals surface area contributed by atoms with Gasteiger partial charge in [0.05, 0.1) is 12.2 Å². The maximum atomic E-state index is 14.3. The number of halogens is 3. The lowest BCUT2D eigenvalue weighted by atomic mass is 9.84. The number of hydrogen-bond donors (Lipinski definition) is 2. The summed E-state index contributed by atoms with van der Waals surface area (Å²) in [7, 11) is 0. The van der Waals surface area contributed by atoms with Crippen LogP contribution in [0.5, 0.6) is 5.75 Å². The average molecular weight is 615 g/mol. The number of aliphatic hydroxyl groups excluding tert-OH is 1. The summed E-state index contributed by atoms with van der Waals surface area (Å²) in [5.41, 5.74) is -0.177. The Morgan fingerprint density at radius 2 is 1.60 bits per heavy atom. The van der Waals surface area contributed by atoms with Gasteiger partial charge in [0.1, 0.15) is 5.75 Å².